The summed E-state index contributed by atoms with van der Waals surface area (Å²) in [5.74, 6) is 0.236. The number of rotatable bonds is 3. The molecule has 40 valence electrons. The number of allylic oxidation sites excluding steroid dienone is 2. The molecule has 0 rings (SSSR count). The van der Waals surface area contributed by atoms with Gasteiger partial charge in [0.25, 0.3) is 0 Å². The minimum absolute atomic E-state index is 0.236. The summed E-state index contributed by atoms with van der Waals surface area (Å²) in [7, 11) is 0. The maximum Gasteiger partial charge on any atom is 0.0854 e. The first-order chi connectivity index (χ1) is 3.27. The number of aliphatic hydroxyl groups excluding tert-OH is 1. The molecule has 7 heavy (non-hydrogen) atoms. The van der Waals surface area contributed by atoms with E-state index in [-0.39, 0.29) is 5.76 Å². The first-order valence-electron chi connectivity index (χ1n) is 2.25. The summed E-state index contributed by atoms with van der Waals surface area (Å²) in [6.07, 6.45) is 3.21. The van der Waals surface area contributed by atoms with Crippen LogP contribution in [0.4, 0.5) is 0 Å². The Balaban J connectivity index is 2.97. The van der Waals surface area contributed by atoms with Gasteiger partial charge in [-0.1, -0.05) is 12.7 Å². The van der Waals surface area contributed by atoms with Gasteiger partial charge in [0.05, 0.1) is 5.76 Å². The first-order valence-corrected chi connectivity index (χ1v) is 2.25. The zero-order valence-corrected chi connectivity index (χ0v) is 4.35. The number of hydrogen-bond donors (Lipinski definition) is 1. The molecule has 1 nitrogen and oxygen atoms in total. The molecule has 0 atom stereocenters. The molecular formula is C6H10O. The monoisotopic (exact) mass is 98.1 g/mol. The summed E-state index contributed by atoms with van der Waals surface area (Å²) in [6.45, 7) is 6.78. The molecule has 0 amide bonds. The Morgan fingerprint density at radius 1 is 1.71 bits per heavy atom. The van der Waals surface area contributed by atoms with Crippen LogP contribution in [0.15, 0.2) is 25.0 Å². The van der Waals surface area contributed by atoms with Crippen molar-refractivity contribution >= 4 is 0 Å². The standard InChI is InChI=1S/C6H10O/c1-3-4-5-6(2)7/h3,7H,1-2,4-5H2. The highest BCUT2D eigenvalue weighted by atomic mass is 16.3. The van der Waals surface area contributed by atoms with Gasteiger partial charge in [0, 0.05) is 6.42 Å². The Morgan fingerprint density at radius 3 is 2.43 bits per heavy atom. The average molecular weight is 98.1 g/mol. The molecule has 0 aromatic carbocycles. The van der Waals surface area contributed by atoms with Crippen LogP contribution in [0, 0.1) is 0 Å². The van der Waals surface area contributed by atoms with E-state index < -0.39 is 0 Å². The van der Waals surface area contributed by atoms with E-state index in [1.165, 1.54) is 0 Å². The van der Waals surface area contributed by atoms with E-state index in [2.05, 4.69) is 13.2 Å². The minimum atomic E-state index is 0.236. The second-order valence-electron chi connectivity index (χ2n) is 1.39. The van der Waals surface area contributed by atoms with E-state index in [9.17, 15) is 0 Å². The van der Waals surface area contributed by atoms with Crippen molar-refractivity contribution in [2.24, 2.45) is 0 Å². The minimum Gasteiger partial charge on any atom is -0.513 e. The molecule has 0 bridgehead atoms. The second-order valence-corrected chi connectivity index (χ2v) is 1.39. The lowest BCUT2D eigenvalue weighted by atomic mass is 10.3. The zero-order valence-electron chi connectivity index (χ0n) is 4.35. The smallest absolute Gasteiger partial charge is 0.0854 e. The van der Waals surface area contributed by atoms with Crippen molar-refractivity contribution in [3.63, 3.8) is 0 Å². The molecule has 0 fully saturated rings. The van der Waals surface area contributed by atoms with E-state index in [4.69, 9.17) is 5.11 Å². The Kier molecular flexibility index (Phi) is 3.11. The highest BCUT2D eigenvalue weighted by Crippen LogP contribution is 1.95. The van der Waals surface area contributed by atoms with Crippen molar-refractivity contribution < 1.29 is 5.11 Å². The lowest BCUT2D eigenvalue weighted by Crippen LogP contribution is -1.73. The Morgan fingerprint density at radius 2 is 2.29 bits per heavy atom. The van der Waals surface area contributed by atoms with Crippen molar-refractivity contribution in [1.29, 1.82) is 0 Å². The molecule has 0 aliphatic carbocycles. The molecule has 0 saturated heterocycles. The molecule has 0 aromatic heterocycles. The van der Waals surface area contributed by atoms with Gasteiger partial charge in [0.1, 0.15) is 0 Å². The van der Waals surface area contributed by atoms with Gasteiger partial charge in [0.2, 0.25) is 0 Å². The van der Waals surface area contributed by atoms with E-state index in [0.29, 0.717) is 6.42 Å². The molecule has 0 aliphatic rings. The number of hydrogen-bond acceptors (Lipinski definition) is 1. The fraction of sp³-hybridized carbons (Fsp3) is 0.333. The van der Waals surface area contributed by atoms with Crippen LogP contribution in [0.2, 0.25) is 0 Å². The molecular weight excluding hydrogens is 88.1 g/mol. The predicted octanol–water partition coefficient (Wildman–Crippen LogP) is 2.02. The van der Waals surface area contributed by atoms with Crippen molar-refractivity contribution in [2.45, 2.75) is 12.8 Å². The molecule has 1 N–H and O–H groups in total. The molecule has 0 radical (unpaired) electrons. The van der Waals surface area contributed by atoms with Gasteiger partial charge in [-0.2, -0.15) is 0 Å². The second kappa shape index (κ2) is 3.47. The Bertz CT molecular complexity index is 74.2. The zero-order chi connectivity index (χ0) is 5.70. The molecule has 0 unspecified atom stereocenters. The van der Waals surface area contributed by atoms with Gasteiger partial charge in [-0.3, -0.25) is 0 Å². The van der Waals surface area contributed by atoms with Crippen LogP contribution < -0.4 is 0 Å². The third-order valence-electron chi connectivity index (χ3n) is 0.637. The lowest BCUT2D eigenvalue weighted by Gasteiger charge is -1.88. The fourth-order valence-electron chi connectivity index (χ4n) is 0.269. The van der Waals surface area contributed by atoms with Gasteiger partial charge in [-0.05, 0) is 6.42 Å². The summed E-state index contributed by atoms with van der Waals surface area (Å²) in [5.41, 5.74) is 0. The number of aliphatic hydroxyl groups is 1. The first kappa shape index (κ1) is 6.28. The summed E-state index contributed by atoms with van der Waals surface area (Å²) < 4.78 is 0. The van der Waals surface area contributed by atoms with Crippen LogP contribution >= 0.6 is 0 Å². The SMILES string of the molecule is C=CCCC(=C)O. The van der Waals surface area contributed by atoms with Crippen LogP contribution in [0.3, 0.4) is 0 Å². The largest absolute Gasteiger partial charge is 0.513 e. The lowest BCUT2D eigenvalue weighted by molar-refractivity contribution is 0.392. The van der Waals surface area contributed by atoms with Gasteiger partial charge in [-0.15, -0.1) is 6.58 Å². The summed E-state index contributed by atoms with van der Waals surface area (Å²) in [5, 5.41) is 8.44. The predicted molar refractivity (Wildman–Crippen MR) is 31.2 cm³/mol. The van der Waals surface area contributed by atoms with Crippen molar-refractivity contribution in [2.75, 3.05) is 0 Å². The van der Waals surface area contributed by atoms with Crippen LogP contribution in [0.5, 0.6) is 0 Å². The van der Waals surface area contributed by atoms with E-state index >= 15 is 0 Å². The summed E-state index contributed by atoms with van der Waals surface area (Å²) in [6, 6.07) is 0. The van der Waals surface area contributed by atoms with Gasteiger partial charge in [-0.25, -0.2) is 0 Å². The van der Waals surface area contributed by atoms with E-state index in [1.54, 1.807) is 6.08 Å². The van der Waals surface area contributed by atoms with E-state index in [0.717, 1.165) is 6.42 Å². The fourth-order valence-corrected chi connectivity index (χ4v) is 0.269. The maximum absolute atomic E-state index is 8.44. The van der Waals surface area contributed by atoms with Crippen LogP contribution in [0.1, 0.15) is 12.8 Å². The average Bonchev–Trinajstić information content (AvgIpc) is 1.61. The Hall–Kier alpha value is -0.720. The molecule has 0 aromatic rings. The third-order valence-corrected chi connectivity index (χ3v) is 0.637. The van der Waals surface area contributed by atoms with E-state index in [1.807, 2.05) is 0 Å². The third kappa shape index (κ3) is 5.28. The highest BCUT2D eigenvalue weighted by Gasteiger charge is 1.81. The molecule has 0 saturated carbocycles. The van der Waals surface area contributed by atoms with Crippen LogP contribution in [-0.2, 0) is 0 Å². The molecule has 1 heteroatoms. The molecule has 0 spiro atoms. The Labute approximate surface area is 44.0 Å². The van der Waals surface area contributed by atoms with Crippen LogP contribution in [0.25, 0.3) is 0 Å². The summed E-state index contributed by atoms with van der Waals surface area (Å²) in [4.78, 5) is 0. The van der Waals surface area contributed by atoms with Crippen molar-refractivity contribution in [1.82, 2.24) is 0 Å². The molecule has 0 heterocycles. The van der Waals surface area contributed by atoms with Crippen molar-refractivity contribution in [3.05, 3.63) is 25.0 Å². The maximum atomic E-state index is 8.44. The van der Waals surface area contributed by atoms with Crippen molar-refractivity contribution in [3.8, 4) is 0 Å². The quantitative estimate of drug-likeness (QED) is 0.423. The summed E-state index contributed by atoms with van der Waals surface area (Å²) >= 11 is 0. The van der Waals surface area contributed by atoms with Crippen LogP contribution in [-0.4, -0.2) is 5.11 Å². The van der Waals surface area contributed by atoms with Gasteiger partial charge >= 0.3 is 0 Å². The topological polar surface area (TPSA) is 20.2 Å². The molecule has 0 aliphatic heterocycles. The van der Waals surface area contributed by atoms with Gasteiger partial charge in [0.15, 0.2) is 0 Å². The normalized spacial score (nSPS) is 8.00. The van der Waals surface area contributed by atoms with Gasteiger partial charge < -0.3 is 5.11 Å². The highest BCUT2D eigenvalue weighted by molar-refractivity contribution is 4.82.